The lowest BCUT2D eigenvalue weighted by Crippen LogP contribution is -2.27. The Morgan fingerprint density at radius 3 is 2.76 bits per heavy atom. The van der Waals surface area contributed by atoms with Crippen LogP contribution >= 0.6 is 0 Å². The van der Waals surface area contributed by atoms with Gasteiger partial charge in [0.25, 0.3) is 0 Å². The molecule has 0 spiro atoms. The standard InChI is InChI=1S/C21H22N2O2/c1-25-15-10-11-19-18(12-15)16-8-5-9-17(21(22)24)20(16)23(19)13-14-6-3-2-4-7-14/h2-4,6-7,10-12,17H,5,8-9,13H2,1H3,(H2,22,24). The minimum atomic E-state index is -0.231. The van der Waals surface area contributed by atoms with Crippen molar-refractivity contribution in [3.05, 3.63) is 65.4 Å². The van der Waals surface area contributed by atoms with E-state index in [4.69, 9.17) is 10.5 Å². The Kier molecular flexibility index (Phi) is 3.96. The zero-order chi connectivity index (χ0) is 17.4. The van der Waals surface area contributed by atoms with E-state index in [2.05, 4.69) is 28.8 Å². The molecule has 1 atom stereocenters. The second-order valence-corrected chi connectivity index (χ2v) is 6.67. The summed E-state index contributed by atoms with van der Waals surface area (Å²) < 4.78 is 7.69. The molecule has 2 aromatic carbocycles. The number of carbonyl (C=O) groups excluding carboxylic acids is 1. The van der Waals surface area contributed by atoms with E-state index in [1.54, 1.807) is 7.11 Å². The van der Waals surface area contributed by atoms with E-state index in [0.29, 0.717) is 0 Å². The van der Waals surface area contributed by atoms with Crippen molar-refractivity contribution in [2.24, 2.45) is 5.73 Å². The van der Waals surface area contributed by atoms with Gasteiger partial charge in [-0.25, -0.2) is 0 Å². The van der Waals surface area contributed by atoms with Crippen LogP contribution in [0.15, 0.2) is 48.5 Å². The van der Waals surface area contributed by atoms with Gasteiger partial charge in [0.1, 0.15) is 5.75 Å². The first-order chi connectivity index (χ1) is 12.2. The highest BCUT2D eigenvalue weighted by atomic mass is 16.5. The van der Waals surface area contributed by atoms with Crippen LogP contribution in [0.3, 0.4) is 0 Å². The minimum absolute atomic E-state index is 0.217. The molecule has 3 aromatic rings. The average Bonchev–Trinajstić information content (AvgIpc) is 2.96. The van der Waals surface area contributed by atoms with E-state index in [0.717, 1.165) is 42.8 Å². The molecule has 1 amide bonds. The summed E-state index contributed by atoms with van der Waals surface area (Å²) >= 11 is 0. The fourth-order valence-electron chi connectivity index (χ4n) is 4.04. The Bertz CT molecular complexity index is 928. The highest BCUT2D eigenvalue weighted by molar-refractivity contribution is 5.91. The lowest BCUT2D eigenvalue weighted by atomic mass is 9.86. The van der Waals surface area contributed by atoms with E-state index < -0.39 is 0 Å². The van der Waals surface area contributed by atoms with Crippen LogP contribution in [-0.4, -0.2) is 17.6 Å². The van der Waals surface area contributed by atoms with Crippen molar-refractivity contribution < 1.29 is 9.53 Å². The summed E-state index contributed by atoms with van der Waals surface area (Å²) in [5.41, 5.74) is 10.4. The average molecular weight is 334 g/mol. The molecule has 4 rings (SSSR count). The van der Waals surface area contributed by atoms with Gasteiger partial charge in [-0.05, 0) is 48.6 Å². The Morgan fingerprint density at radius 1 is 1.24 bits per heavy atom. The van der Waals surface area contributed by atoms with E-state index in [9.17, 15) is 4.79 Å². The number of methoxy groups -OCH3 is 1. The molecular formula is C21H22N2O2. The Labute approximate surface area is 147 Å². The molecule has 0 saturated heterocycles. The summed E-state index contributed by atoms with van der Waals surface area (Å²) in [4.78, 5) is 12.1. The van der Waals surface area contributed by atoms with Gasteiger partial charge in [-0.3, -0.25) is 4.79 Å². The number of ether oxygens (including phenoxy) is 1. The summed E-state index contributed by atoms with van der Waals surface area (Å²) in [5.74, 6) is 0.393. The quantitative estimate of drug-likeness (QED) is 0.792. The first kappa shape index (κ1) is 15.8. The normalized spacial score (nSPS) is 16.6. The molecule has 0 fully saturated rings. The minimum Gasteiger partial charge on any atom is -0.497 e. The summed E-state index contributed by atoms with van der Waals surface area (Å²) in [7, 11) is 1.68. The molecule has 0 saturated carbocycles. The van der Waals surface area contributed by atoms with Crippen molar-refractivity contribution in [3.63, 3.8) is 0 Å². The molecule has 0 radical (unpaired) electrons. The lowest BCUT2D eigenvalue weighted by Gasteiger charge is -2.23. The number of aromatic nitrogens is 1. The van der Waals surface area contributed by atoms with Gasteiger partial charge in [-0.2, -0.15) is 0 Å². The molecule has 4 nitrogen and oxygen atoms in total. The SMILES string of the molecule is COc1ccc2c(c1)c1c(n2Cc2ccccc2)C(C(N)=O)CCC1. The number of rotatable bonds is 4. The summed E-state index contributed by atoms with van der Waals surface area (Å²) in [6.07, 6.45) is 2.79. The molecular weight excluding hydrogens is 312 g/mol. The monoisotopic (exact) mass is 334 g/mol. The van der Waals surface area contributed by atoms with Crippen molar-refractivity contribution in [1.82, 2.24) is 4.57 Å². The number of nitrogens with zero attached hydrogens (tertiary/aromatic N) is 1. The van der Waals surface area contributed by atoms with E-state index in [1.807, 2.05) is 24.3 Å². The van der Waals surface area contributed by atoms with Gasteiger partial charge in [-0.15, -0.1) is 0 Å². The largest absolute Gasteiger partial charge is 0.497 e. The summed E-state index contributed by atoms with van der Waals surface area (Å²) in [6.45, 7) is 0.739. The second kappa shape index (κ2) is 6.28. The van der Waals surface area contributed by atoms with Gasteiger partial charge >= 0.3 is 0 Å². The number of primary amides is 1. The van der Waals surface area contributed by atoms with Gasteiger partial charge in [0.05, 0.1) is 13.0 Å². The fourth-order valence-corrected chi connectivity index (χ4v) is 4.04. The smallest absolute Gasteiger partial charge is 0.226 e. The first-order valence-electron chi connectivity index (χ1n) is 8.71. The lowest BCUT2D eigenvalue weighted by molar-refractivity contribution is -0.119. The van der Waals surface area contributed by atoms with Gasteiger partial charge in [0, 0.05) is 23.1 Å². The maximum atomic E-state index is 12.1. The van der Waals surface area contributed by atoms with Gasteiger partial charge in [0.2, 0.25) is 5.91 Å². The first-order valence-corrected chi connectivity index (χ1v) is 8.71. The molecule has 1 aromatic heterocycles. The van der Waals surface area contributed by atoms with E-state index in [-0.39, 0.29) is 11.8 Å². The fraction of sp³-hybridized carbons (Fsp3) is 0.286. The van der Waals surface area contributed by atoms with E-state index in [1.165, 1.54) is 16.5 Å². The summed E-state index contributed by atoms with van der Waals surface area (Å²) in [6, 6.07) is 16.5. The molecule has 4 heteroatoms. The number of benzene rings is 2. The zero-order valence-electron chi connectivity index (χ0n) is 14.4. The van der Waals surface area contributed by atoms with Crippen molar-refractivity contribution in [3.8, 4) is 5.75 Å². The summed E-state index contributed by atoms with van der Waals surface area (Å²) in [5, 5.41) is 1.18. The number of nitrogens with two attached hydrogens (primary N) is 1. The van der Waals surface area contributed by atoms with Crippen molar-refractivity contribution in [2.75, 3.05) is 7.11 Å². The molecule has 0 bridgehead atoms. The topological polar surface area (TPSA) is 57.2 Å². The van der Waals surface area contributed by atoms with E-state index >= 15 is 0 Å². The van der Waals surface area contributed by atoms with Crippen molar-refractivity contribution in [1.29, 1.82) is 0 Å². The number of amides is 1. The molecule has 25 heavy (non-hydrogen) atoms. The third-order valence-corrected chi connectivity index (χ3v) is 5.20. The van der Waals surface area contributed by atoms with Gasteiger partial charge < -0.3 is 15.0 Å². The van der Waals surface area contributed by atoms with Crippen LogP contribution in [-0.2, 0) is 17.8 Å². The van der Waals surface area contributed by atoms with Crippen LogP contribution in [0.25, 0.3) is 10.9 Å². The van der Waals surface area contributed by atoms with Crippen molar-refractivity contribution >= 4 is 16.8 Å². The second-order valence-electron chi connectivity index (χ2n) is 6.67. The number of hydrogen-bond donors (Lipinski definition) is 1. The van der Waals surface area contributed by atoms with Crippen LogP contribution < -0.4 is 10.5 Å². The van der Waals surface area contributed by atoms with Crippen LogP contribution in [0.5, 0.6) is 5.75 Å². The Balaban J connectivity index is 1.95. The Morgan fingerprint density at radius 2 is 2.04 bits per heavy atom. The van der Waals surface area contributed by atoms with Gasteiger partial charge in [-0.1, -0.05) is 30.3 Å². The van der Waals surface area contributed by atoms with Crippen molar-refractivity contribution in [2.45, 2.75) is 31.7 Å². The third kappa shape index (κ3) is 2.68. The Hall–Kier alpha value is -2.75. The van der Waals surface area contributed by atoms with Crippen LogP contribution in [0.4, 0.5) is 0 Å². The van der Waals surface area contributed by atoms with Crippen LogP contribution in [0.2, 0.25) is 0 Å². The van der Waals surface area contributed by atoms with Crippen LogP contribution in [0.1, 0.15) is 35.6 Å². The molecule has 2 N–H and O–H groups in total. The third-order valence-electron chi connectivity index (χ3n) is 5.20. The number of carbonyl (C=O) groups is 1. The maximum absolute atomic E-state index is 12.1. The molecule has 1 unspecified atom stereocenters. The number of fused-ring (bicyclic) bond motifs is 3. The molecule has 1 aliphatic carbocycles. The van der Waals surface area contributed by atoms with Crippen LogP contribution in [0, 0.1) is 0 Å². The zero-order valence-corrected chi connectivity index (χ0v) is 14.4. The van der Waals surface area contributed by atoms with Gasteiger partial charge in [0.15, 0.2) is 0 Å². The number of hydrogen-bond acceptors (Lipinski definition) is 2. The number of aryl methyl sites for hydroxylation is 1. The highest BCUT2D eigenvalue weighted by Crippen LogP contribution is 2.40. The molecule has 128 valence electrons. The highest BCUT2D eigenvalue weighted by Gasteiger charge is 2.31. The molecule has 1 heterocycles. The predicted octanol–water partition coefficient (Wildman–Crippen LogP) is 3.60. The predicted molar refractivity (Wildman–Crippen MR) is 98.9 cm³/mol. The molecule has 0 aliphatic heterocycles. The maximum Gasteiger partial charge on any atom is 0.226 e. The molecule has 1 aliphatic rings.